The van der Waals surface area contributed by atoms with Crippen LogP contribution in [0.4, 0.5) is 0 Å². The van der Waals surface area contributed by atoms with Crippen molar-refractivity contribution in [1.82, 2.24) is 20.6 Å². The van der Waals surface area contributed by atoms with E-state index >= 15 is 0 Å². The van der Waals surface area contributed by atoms with Crippen LogP contribution >= 0.6 is 0 Å². The van der Waals surface area contributed by atoms with Crippen molar-refractivity contribution in [3.8, 4) is 11.3 Å². The van der Waals surface area contributed by atoms with Gasteiger partial charge in [-0.3, -0.25) is 24.0 Å². The number of hydroxylamine groups is 2. The van der Waals surface area contributed by atoms with E-state index in [0.717, 1.165) is 24.8 Å². The maximum Gasteiger partial charge on any atom is 0.338 e. The Morgan fingerprint density at radius 1 is 0.915 bits per heavy atom. The highest BCUT2D eigenvalue weighted by atomic mass is 16.7. The number of ether oxygens (including phenoxy) is 1. The second kappa shape index (κ2) is 18.9. The number of furan rings is 1. The molecule has 0 spiro atoms. The van der Waals surface area contributed by atoms with Gasteiger partial charge in [-0.25, -0.2) is 9.86 Å². The van der Waals surface area contributed by atoms with E-state index in [4.69, 9.17) is 14.0 Å². The van der Waals surface area contributed by atoms with E-state index in [9.17, 15) is 24.0 Å². The molecule has 2 aromatic carbocycles. The molecule has 2 N–H and O–H groups in total. The van der Waals surface area contributed by atoms with Gasteiger partial charge in [0.1, 0.15) is 12.4 Å². The van der Waals surface area contributed by atoms with Crippen molar-refractivity contribution in [2.75, 3.05) is 27.4 Å². The smallest absolute Gasteiger partial charge is 0.338 e. The molecular formula is C35H44N4O8. The fourth-order valence-electron chi connectivity index (χ4n) is 4.84. The minimum absolute atomic E-state index is 0.0345. The third-order valence-electron chi connectivity index (χ3n) is 7.56. The molecule has 0 radical (unpaired) electrons. The Morgan fingerprint density at radius 2 is 1.64 bits per heavy atom. The summed E-state index contributed by atoms with van der Waals surface area (Å²) in [5, 5.41) is 6.66. The van der Waals surface area contributed by atoms with Gasteiger partial charge in [0.2, 0.25) is 12.3 Å². The molecule has 47 heavy (non-hydrogen) atoms. The van der Waals surface area contributed by atoms with Crippen LogP contribution in [0.3, 0.4) is 0 Å². The summed E-state index contributed by atoms with van der Waals surface area (Å²) in [4.78, 5) is 69.3. The van der Waals surface area contributed by atoms with Crippen LogP contribution in [-0.2, 0) is 30.6 Å². The topological polar surface area (TPSA) is 147 Å². The number of nitrogens with zero attached hydrogens (tertiary/aromatic N) is 2. The van der Waals surface area contributed by atoms with Gasteiger partial charge in [0.25, 0.3) is 11.8 Å². The summed E-state index contributed by atoms with van der Waals surface area (Å²) in [6, 6.07) is 18.4. The standard InChI is InChI=1S/C35H44N4O8/c1-5-7-9-14-28(29(6-2)39(24-40)46-21-25-12-10-8-11-13-25)33(42)36-23-37-34(43)31-20-19-30(47-31)26-15-17-27(18-16-26)35(44)45-22-32(41)38(3)4/h8,10-13,15-20,24,28-29H,5-7,9,14,21-23H2,1-4H3,(H,36,42)(H,37,43)/t28?,29-/m1/s1. The van der Waals surface area contributed by atoms with Crippen LogP contribution < -0.4 is 10.6 Å². The number of hydrogen-bond donors (Lipinski definition) is 2. The Kier molecular flexibility index (Phi) is 14.7. The number of likely N-dealkylation sites (N-methyl/N-ethyl adjacent to an activating group) is 1. The van der Waals surface area contributed by atoms with E-state index in [1.54, 1.807) is 32.3 Å². The second-order valence-electron chi connectivity index (χ2n) is 11.1. The zero-order chi connectivity index (χ0) is 34.2. The van der Waals surface area contributed by atoms with Crippen LogP contribution in [-0.4, -0.2) is 73.5 Å². The van der Waals surface area contributed by atoms with Gasteiger partial charge < -0.3 is 24.7 Å². The van der Waals surface area contributed by atoms with Crippen LogP contribution in [0, 0.1) is 5.92 Å². The first-order valence-electron chi connectivity index (χ1n) is 15.7. The number of hydrogen-bond acceptors (Lipinski definition) is 8. The van der Waals surface area contributed by atoms with Crippen molar-refractivity contribution in [2.24, 2.45) is 5.92 Å². The minimum atomic E-state index is -0.634. The van der Waals surface area contributed by atoms with Crippen molar-refractivity contribution >= 4 is 30.1 Å². The summed E-state index contributed by atoms with van der Waals surface area (Å²) in [6.07, 6.45) is 4.38. The van der Waals surface area contributed by atoms with Gasteiger partial charge in [-0.1, -0.05) is 75.6 Å². The van der Waals surface area contributed by atoms with Gasteiger partial charge in [-0.2, -0.15) is 0 Å². The highest BCUT2D eigenvalue weighted by molar-refractivity contribution is 5.93. The lowest BCUT2D eigenvalue weighted by Gasteiger charge is -2.32. The lowest BCUT2D eigenvalue weighted by molar-refractivity contribution is -0.200. The van der Waals surface area contributed by atoms with Crippen molar-refractivity contribution in [3.63, 3.8) is 0 Å². The largest absolute Gasteiger partial charge is 0.452 e. The van der Waals surface area contributed by atoms with Crippen LogP contribution in [0.25, 0.3) is 11.3 Å². The monoisotopic (exact) mass is 648 g/mol. The normalized spacial score (nSPS) is 12.0. The number of carbonyl (C=O) groups is 5. The summed E-state index contributed by atoms with van der Waals surface area (Å²) in [5.74, 6) is -1.91. The van der Waals surface area contributed by atoms with E-state index in [0.29, 0.717) is 30.6 Å². The first-order valence-corrected chi connectivity index (χ1v) is 15.7. The highest BCUT2D eigenvalue weighted by Gasteiger charge is 2.32. The Labute approximate surface area is 275 Å². The molecule has 4 amide bonds. The molecular weight excluding hydrogens is 604 g/mol. The molecule has 3 rings (SSSR count). The van der Waals surface area contributed by atoms with Gasteiger partial charge in [-0.05, 0) is 42.7 Å². The lowest BCUT2D eigenvalue weighted by Crippen LogP contribution is -2.48. The summed E-state index contributed by atoms with van der Waals surface area (Å²) in [5.41, 5.74) is 1.78. The van der Waals surface area contributed by atoms with Gasteiger partial charge in [0.15, 0.2) is 12.4 Å². The Hall–Kier alpha value is -4.97. The summed E-state index contributed by atoms with van der Waals surface area (Å²) >= 11 is 0. The molecule has 0 saturated carbocycles. The van der Waals surface area contributed by atoms with E-state index < -0.39 is 23.8 Å². The molecule has 1 unspecified atom stereocenters. The number of rotatable bonds is 19. The maximum atomic E-state index is 13.4. The number of carbonyl (C=O) groups excluding carboxylic acids is 5. The zero-order valence-corrected chi connectivity index (χ0v) is 27.4. The van der Waals surface area contributed by atoms with E-state index in [1.165, 1.54) is 28.2 Å². The number of amides is 4. The molecule has 0 fully saturated rings. The highest BCUT2D eigenvalue weighted by Crippen LogP contribution is 2.24. The van der Waals surface area contributed by atoms with Crippen LogP contribution in [0.15, 0.2) is 71.1 Å². The Bertz CT molecular complexity index is 1460. The van der Waals surface area contributed by atoms with Crippen molar-refractivity contribution in [2.45, 2.75) is 58.6 Å². The summed E-state index contributed by atoms with van der Waals surface area (Å²) in [6.45, 7) is 3.66. The third kappa shape index (κ3) is 11.1. The zero-order valence-electron chi connectivity index (χ0n) is 27.4. The summed E-state index contributed by atoms with van der Waals surface area (Å²) in [7, 11) is 3.14. The van der Waals surface area contributed by atoms with Gasteiger partial charge in [-0.15, -0.1) is 0 Å². The van der Waals surface area contributed by atoms with E-state index in [2.05, 4.69) is 17.6 Å². The predicted octanol–water partition coefficient (Wildman–Crippen LogP) is 4.56. The molecule has 252 valence electrons. The number of benzene rings is 2. The molecule has 1 heterocycles. The number of unbranched alkanes of at least 4 members (excludes halogenated alkanes) is 2. The quantitative estimate of drug-likeness (QED) is 0.0632. The predicted molar refractivity (Wildman–Crippen MR) is 174 cm³/mol. The first kappa shape index (κ1) is 36.5. The lowest BCUT2D eigenvalue weighted by atomic mass is 9.90. The molecule has 3 aromatic rings. The number of nitrogens with one attached hydrogen (secondary N) is 2. The third-order valence-corrected chi connectivity index (χ3v) is 7.56. The molecule has 0 saturated heterocycles. The fraction of sp³-hybridized carbons (Fsp3) is 0.400. The number of esters is 1. The van der Waals surface area contributed by atoms with Crippen LogP contribution in [0.1, 0.15) is 72.4 Å². The molecule has 0 aliphatic carbocycles. The molecule has 12 heteroatoms. The van der Waals surface area contributed by atoms with Crippen molar-refractivity contribution in [1.29, 1.82) is 0 Å². The Balaban J connectivity index is 1.57. The molecule has 0 aliphatic heterocycles. The van der Waals surface area contributed by atoms with Crippen molar-refractivity contribution in [3.05, 3.63) is 83.6 Å². The van der Waals surface area contributed by atoms with Crippen molar-refractivity contribution < 1.29 is 38.0 Å². The van der Waals surface area contributed by atoms with E-state index in [1.807, 2.05) is 37.3 Å². The molecule has 1 aromatic heterocycles. The van der Waals surface area contributed by atoms with Crippen LogP contribution in [0.5, 0.6) is 0 Å². The average molecular weight is 649 g/mol. The fourth-order valence-corrected chi connectivity index (χ4v) is 4.84. The Morgan fingerprint density at radius 3 is 2.28 bits per heavy atom. The maximum absolute atomic E-state index is 13.4. The minimum Gasteiger partial charge on any atom is -0.452 e. The molecule has 2 atom stereocenters. The summed E-state index contributed by atoms with van der Waals surface area (Å²) < 4.78 is 10.7. The van der Waals surface area contributed by atoms with Gasteiger partial charge >= 0.3 is 5.97 Å². The molecule has 12 nitrogen and oxygen atoms in total. The van der Waals surface area contributed by atoms with Crippen LogP contribution in [0.2, 0.25) is 0 Å². The molecule has 0 bridgehead atoms. The van der Waals surface area contributed by atoms with Gasteiger partial charge in [0.05, 0.1) is 24.2 Å². The van der Waals surface area contributed by atoms with Gasteiger partial charge in [0, 0.05) is 19.7 Å². The first-order chi connectivity index (χ1) is 22.7. The molecule has 0 aliphatic rings. The van der Waals surface area contributed by atoms with E-state index in [-0.39, 0.29) is 43.0 Å². The second-order valence-corrected chi connectivity index (χ2v) is 11.1. The average Bonchev–Trinajstić information content (AvgIpc) is 3.59. The SMILES string of the molecule is CCCCCC(C(=O)NCNC(=O)c1ccc(-c2ccc(C(=O)OCC(=O)N(C)C)cc2)o1)[C@@H](CC)N(C=O)OCc1ccccc1.